The molecule has 0 unspecified atom stereocenters. The number of para-hydroxylation sites is 2. The Hall–Kier alpha value is -4.29. The second kappa shape index (κ2) is 12.8. The fraction of sp³-hybridized carbons (Fsp3) is 0.219. The molecule has 38 heavy (non-hydrogen) atoms. The summed E-state index contributed by atoms with van der Waals surface area (Å²) < 4.78 is 11.8. The largest absolute Gasteiger partial charge is 0.491 e. The third-order valence-electron chi connectivity index (χ3n) is 6.26. The molecule has 0 aliphatic carbocycles. The third-order valence-corrected chi connectivity index (χ3v) is 6.26. The summed E-state index contributed by atoms with van der Waals surface area (Å²) in [6, 6.07) is 20.7. The normalized spacial score (nSPS) is 12.4. The summed E-state index contributed by atoms with van der Waals surface area (Å²) in [5, 5.41) is 10.3. The van der Waals surface area contributed by atoms with Crippen molar-refractivity contribution in [3.8, 4) is 5.75 Å². The molecule has 0 spiro atoms. The first-order valence-corrected chi connectivity index (χ1v) is 12.7. The van der Waals surface area contributed by atoms with Crippen LogP contribution in [0.4, 0.5) is 0 Å². The highest BCUT2D eigenvalue weighted by Gasteiger charge is 2.22. The maximum Gasteiger partial charge on any atom is 0.338 e. The summed E-state index contributed by atoms with van der Waals surface area (Å²) in [6.45, 7) is 8.58. The number of aromatic nitrogens is 2. The van der Waals surface area contributed by atoms with Crippen LogP contribution in [0.2, 0.25) is 0 Å². The fourth-order valence-corrected chi connectivity index (χ4v) is 4.15. The second-order valence-corrected chi connectivity index (χ2v) is 9.19. The lowest BCUT2D eigenvalue weighted by Gasteiger charge is -2.22. The topological polar surface area (TPSA) is 81.5 Å². The fourth-order valence-electron chi connectivity index (χ4n) is 4.15. The van der Waals surface area contributed by atoms with Gasteiger partial charge in [-0.2, -0.15) is 0 Å². The molecule has 1 atom stereocenters. The van der Waals surface area contributed by atoms with Crippen molar-refractivity contribution in [2.75, 3.05) is 13.2 Å². The number of hydrogen-bond donors (Lipinski definition) is 1. The number of nitrogens with zero attached hydrogens (tertiary/aromatic N) is 2. The van der Waals surface area contributed by atoms with Gasteiger partial charge in [-0.3, -0.25) is 9.97 Å². The van der Waals surface area contributed by atoms with E-state index in [-0.39, 0.29) is 19.1 Å². The molecule has 4 rings (SSSR count). The molecule has 0 saturated heterocycles. The van der Waals surface area contributed by atoms with Gasteiger partial charge in [-0.05, 0) is 47.4 Å². The Bertz CT molecular complexity index is 1430. The zero-order valence-electron chi connectivity index (χ0n) is 21.7. The van der Waals surface area contributed by atoms with Gasteiger partial charge in [-0.25, -0.2) is 4.79 Å². The average Bonchev–Trinajstić information content (AvgIpc) is 2.95. The zero-order valence-corrected chi connectivity index (χ0v) is 21.7. The number of aliphatic hydroxyl groups excluding tert-OH is 1. The van der Waals surface area contributed by atoms with Gasteiger partial charge in [0, 0.05) is 41.5 Å². The first-order valence-electron chi connectivity index (χ1n) is 12.7. The minimum absolute atomic E-state index is 0.122. The van der Waals surface area contributed by atoms with Gasteiger partial charge in [-0.1, -0.05) is 62.9 Å². The smallest absolute Gasteiger partial charge is 0.338 e. The third kappa shape index (κ3) is 6.52. The van der Waals surface area contributed by atoms with Crippen LogP contribution in [0.15, 0.2) is 104 Å². The van der Waals surface area contributed by atoms with Crippen molar-refractivity contribution in [2.45, 2.75) is 26.4 Å². The van der Waals surface area contributed by atoms with E-state index in [0.717, 1.165) is 27.6 Å². The number of pyridine rings is 2. The first kappa shape index (κ1) is 26.8. The first-order chi connectivity index (χ1) is 18.5. The van der Waals surface area contributed by atoms with Crippen LogP contribution in [0, 0.1) is 5.92 Å². The Balaban J connectivity index is 1.74. The Kier molecular flexibility index (Phi) is 9.01. The molecule has 0 aliphatic rings. The number of carbonyl (C=O) groups excluding carboxylic acids is 1. The molecule has 2 aromatic carbocycles. The van der Waals surface area contributed by atoms with Crippen molar-refractivity contribution >= 4 is 22.4 Å². The van der Waals surface area contributed by atoms with Crippen LogP contribution in [0.25, 0.3) is 16.5 Å². The molecular formula is C32H32N2O4. The van der Waals surface area contributed by atoms with Gasteiger partial charge >= 0.3 is 5.97 Å². The molecule has 6 heteroatoms. The van der Waals surface area contributed by atoms with E-state index in [1.807, 2.05) is 54.7 Å². The molecule has 2 aromatic heterocycles. The van der Waals surface area contributed by atoms with Gasteiger partial charge in [0.15, 0.2) is 0 Å². The van der Waals surface area contributed by atoms with E-state index in [9.17, 15) is 9.90 Å². The molecule has 0 saturated carbocycles. The van der Waals surface area contributed by atoms with E-state index in [1.165, 1.54) is 0 Å². The second-order valence-electron chi connectivity index (χ2n) is 9.19. The maximum atomic E-state index is 13.1. The van der Waals surface area contributed by atoms with Crippen molar-refractivity contribution in [1.82, 2.24) is 9.97 Å². The van der Waals surface area contributed by atoms with E-state index < -0.39 is 12.1 Å². The summed E-state index contributed by atoms with van der Waals surface area (Å²) in [5.41, 5.74) is 4.92. The number of esters is 1. The highest BCUT2D eigenvalue weighted by molar-refractivity contribution is 5.89. The van der Waals surface area contributed by atoms with Crippen LogP contribution in [-0.4, -0.2) is 34.3 Å². The average molecular weight is 509 g/mol. The van der Waals surface area contributed by atoms with Crippen molar-refractivity contribution < 1.29 is 19.4 Å². The van der Waals surface area contributed by atoms with Gasteiger partial charge < -0.3 is 14.6 Å². The maximum absolute atomic E-state index is 13.1. The highest BCUT2D eigenvalue weighted by Crippen LogP contribution is 2.35. The Labute approximate surface area is 223 Å². The van der Waals surface area contributed by atoms with Gasteiger partial charge in [0.1, 0.15) is 18.5 Å². The van der Waals surface area contributed by atoms with Crippen LogP contribution in [0.3, 0.4) is 0 Å². The molecule has 6 nitrogen and oxygen atoms in total. The van der Waals surface area contributed by atoms with Gasteiger partial charge in [0.05, 0.1) is 17.7 Å². The number of ether oxygens (including phenoxy) is 2. The quantitative estimate of drug-likeness (QED) is 0.182. The molecule has 1 N–H and O–H groups in total. The summed E-state index contributed by atoms with van der Waals surface area (Å²) >= 11 is 0. The lowest BCUT2D eigenvalue weighted by molar-refractivity contribution is 0.0296. The summed E-state index contributed by atoms with van der Waals surface area (Å²) in [5.74, 6) is 0.296. The molecule has 4 aromatic rings. The zero-order chi connectivity index (χ0) is 26.9. The molecule has 0 radical (unpaired) electrons. The predicted octanol–water partition coefficient (Wildman–Crippen LogP) is 6.58. The Morgan fingerprint density at radius 1 is 1.03 bits per heavy atom. The number of allylic oxidation sites excluding steroid dienone is 2. The molecular weight excluding hydrogens is 476 g/mol. The minimum atomic E-state index is -0.645. The highest BCUT2D eigenvalue weighted by atomic mass is 16.5. The van der Waals surface area contributed by atoms with E-state index in [2.05, 4.69) is 42.5 Å². The van der Waals surface area contributed by atoms with E-state index in [1.54, 1.807) is 24.5 Å². The van der Waals surface area contributed by atoms with Crippen molar-refractivity contribution in [1.29, 1.82) is 0 Å². The van der Waals surface area contributed by atoms with Crippen LogP contribution in [0.1, 0.15) is 47.9 Å². The lowest BCUT2D eigenvalue weighted by atomic mass is 9.90. The SMILES string of the molecule is C=C(/C(=C/C[C@@H](OC(=O)c1ccncc1)c1ccccc1OCCO)c1cnc2ccccc2c1)C(C)C. The van der Waals surface area contributed by atoms with Crippen LogP contribution in [0.5, 0.6) is 5.75 Å². The number of benzene rings is 2. The Morgan fingerprint density at radius 3 is 2.53 bits per heavy atom. The standard InChI is InChI=1S/C32H32N2O4/c1-22(2)23(3)27(26-20-25-8-4-6-10-29(25)34-21-26)12-13-31(38-32(36)24-14-16-33-17-15-24)28-9-5-7-11-30(28)37-19-18-35/h4-12,14-17,20-22,31,35H,3,13,18-19H2,1-2H3/b27-12-/t31-/m1/s1. The van der Waals surface area contributed by atoms with E-state index in [4.69, 9.17) is 9.47 Å². The van der Waals surface area contributed by atoms with Gasteiger partial charge in [-0.15, -0.1) is 0 Å². The number of carbonyl (C=O) groups is 1. The number of rotatable bonds is 11. The summed E-state index contributed by atoms with van der Waals surface area (Å²) in [6.07, 6.45) is 6.76. The summed E-state index contributed by atoms with van der Waals surface area (Å²) in [4.78, 5) is 21.7. The van der Waals surface area contributed by atoms with Crippen molar-refractivity contribution in [3.63, 3.8) is 0 Å². The molecule has 2 heterocycles. The number of fused-ring (bicyclic) bond motifs is 1. The molecule has 0 fully saturated rings. The van der Waals surface area contributed by atoms with Crippen molar-refractivity contribution in [3.05, 3.63) is 120 Å². The lowest BCUT2D eigenvalue weighted by Crippen LogP contribution is -2.14. The number of hydrogen-bond acceptors (Lipinski definition) is 6. The summed E-state index contributed by atoms with van der Waals surface area (Å²) in [7, 11) is 0. The number of aliphatic hydroxyl groups is 1. The van der Waals surface area contributed by atoms with Crippen molar-refractivity contribution in [2.24, 2.45) is 5.92 Å². The molecule has 0 aliphatic heterocycles. The monoisotopic (exact) mass is 508 g/mol. The predicted molar refractivity (Wildman–Crippen MR) is 150 cm³/mol. The van der Waals surface area contributed by atoms with Crippen LogP contribution >= 0.6 is 0 Å². The van der Waals surface area contributed by atoms with Crippen LogP contribution < -0.4 is 4.74 Å². The molecule has 194 valence electrons. The van der Waals surface area contributed by atoms with Crippen LogP contribution in [-0.2, 0) is 4.74 Å². The molecule has 0 amide bonds. The van der Waals surface area contributed by atoms with Gasteiger partial charge in [0.2, 0.25) is 0 Å². The van der Waals surface area contributed by atoms with Gasteiger partial charge in [0.25, 0.3) is 0 Å². The minimum Gasteiger partial charge on any atom is -0.491 e. The van der Waals surface area contributed by atoms with E-state index >= 15 is 0 Å². The Morgan fingerprint density at radius 2 is 1.76 bits per heavy atom. The van der Waals surface area contributed by atoms with E-state index in [0.29, 0.717) is 23.3 Å². The molecule has 0 bridgehead atoms.